The van der Waals surface area contributed by atoms with E-state index in [0.29, 0.717) is 0 Å². The summed E-state index contributed by atoms with van der Waals surface area (Å²) in [6.07, 6.45) is 7.28. The fraction of sp³-hybridized carbons (Fsp3) is 0.167. The van der Waals surface area contributed by atoms with Crippen LogP contribution in [0.2, 0.25) is 0 Å². The molecule has 3 nitrogen and oxygen atoms in total. The third-order valence-corrected chi connectivity index (χ3v) is 2.25. The summed E-state index contributed by atoms with van der Waals surface area (Å²) in [6, 6.07) is 8.02. The van der Waals surface area contributed by atoms with Gasteiger partial charge in [-0.3, -0.25) is 9.97 Å². The van der Waals surface area contributed by atoms with Crippen molar-refractivity contribution in [3.05, 3.63) is 54.6 Å². The van der Waals surface area contributed by atoms with Crippen LogP contribution in [0.3, 0.4) is 0 Å². The number of anilines is 1. The maximum absolute atomic E-state index is 4.09. The van der Waals surface area contributed by atoms with Crippen molar-refractivity contribution in [3.8, 4) is 0 Å². The average Bonchev–Trinajstić information content (AvgIpc) is 2.31. The zero-order valence-electron chi connectivity index (χ0n) is 8.67. The number of nitrogens with zero attached hydrogens (tertiary/aromatic N) is 3. The third kappa shape index (κ3) is 2.53. The van der Waals surface area contributed by atoms with Gasteiger partial charge in [0.05, 0.1) is 0 Å². The van der Waals surface area contributed by atoms with Crippen molar-refractivity contribution >= 4 is 5.69 Å². The molecule has 0 aliphatic rings. The normalized spacial score (nSPS) is 9.93. The highest BCUT2D eigenvalue weighted by atomic mass is 15.1. The van der Waals surface area contributed by atoms with Crippen LogP contribution in [0, 0.1) is 0 Å². The van der Waals surface area contributed by atoms with E-state index in [4.69, 9.17) is 0 Å². The Morgan fingerprint density at radius 2 is 1.87 bits per heavy atom. The van der Waals surface area contributed by atoms with Gasteiger partial charge in [0.2, 0.25) is 0 Å². The standard InChI is InChI=1S/C12H13N3/c1-15(12-4-7-13-8-5-12)10-11-3-2-6-14-9-11/h2-9H,10H2,1H3. The summed E-state index contributed by atoms with van der Waals surface area (Å²) in [5.74, 6) is 0. The molecule has 0 bridgehead atoms. The van der Waals surface area contributed by atoms with Crippen molar-refractivity contribution in [2.45, 2.75) is 6.54 Å². The molecule has 2 aromatic heterocycles. The number of hydrogen-bond donors (Lipinski definition) is 0. The predicted octanol–water partition coefficient (Wildman–Crippen LogP) is 2.11. The summed E-state index contributed by atoms with van der Waals surface area (Å²) >= 11 is 0. The maximum Gasteiger partial charge on any atom is 0.0441 e. The molecule has 0 saturated carbocycles. The number of pyridine rings is 2. The molecule has 15 heavy (non-hydrogen) atoms. The molecule has 0 fully saturated rings. The fourth-order valence-corrected chi connectivity index (χ4v) is 1.46. The first-order valence-electron chi connectivity index (χ1n) is 4.86. The van der Waals surface area contributed by atoms with Crippen molar-refractivity contribution < 1.29 is 0 Å². The Kier molecular flexibility index (Phi) is 2.93. The summed E-state index contributed by atoms with van der Waals surface area (Å²) in [5, 5.41) is 0. The molecule has 0 aliphatic heterocycles. The molecule has 2 aromatic rings. The van der Waals surface area contributed by atoms with E-state index >= 15 is 0 Å². The SMILES string of the molecule is CN(Cc1cccnc1)c1ccncc1. The largest absolute Gasteiger partial charge is 0.370 e. The number of aromatic nitrogens is 2. The molecule has 2 rings (SSSR count). The topological polar surface area (TPSA) is 29.0 Å². The van der Waals surface area contributed by atoms with Gasteiger partial charge in [-0.05, 0) is 23.8 Å². The minimum atomic E-state index is 0.859. The van der Waals surface area contributed by atoms with E-state index in [1.807, 2.05) is 24.4 Å². The second-order valence-electron chi connectivity index (χ2n) is 3.42. The number of rotatable bonds is 3. The Bertz CT molecular complexity index is 400. The molecule has 0 atom stereocenters. The van der Waals surface area contributed by atoms with Crippen LogP contribution >= 0.6 is 0 Å². The molecule has 0 saturated heterocycles. The molecule has 3 heteroatoms. The predicted molar refractivity (Wildman–Crippen MR) is 60.6 cm³/mol. The van der Waals surface area contributed by atoms with Gasteiger partial charge in [-0.1, -0.05) is 6.07 Å². The Morgan fingerprint density at radius 3 is 2.53 bits per heavy atom. The fourth-order valence-electron chi connectivity index (χ4n) is 1.46. The second-order valence-corrected chi connectivity index (χ2v) is 3.42. The number of hydrogen-bond acceptors (Lipinski definition) is 3. The molecule has 0 radical (unpaired) electrons. The Morgan fingerprint density at radius 1 is 1.07 bits per heavy atom. The van der Waals surface area contributed by atoms with Gasteiger partial charge in [-0.2, -0.15) is 0 Å². The molecule has 0 aromatic carbocycles. The first kappa shape index (κ1) is 9.65. The smallest absolute Gasteiger partial charge is 0.0441 e. The van der Waals surface area contributed by atoms with Crippen LogP contribution in [0.25, 0.3) is 0 Å². The van der Waals surface area contributed by atoms with E-state index < -0.39 is 0 Å². The summed E-state index contributed by atoms with van der Waals surface area (Å²) in [5.41, 5.74) is 2.37. The molecule has 0 aliphatic carbocycles. The minimum absolute atomic E-state index is 0.859. The monoisotopic (exact) mass is 199 g/mol. The second kappa shape index (κ2) is 4.55. The van der Waals surface area contributed by atoms with Crippen molar-refractivity contribution in [3.63, 3.8) is 0 Å². The highest BCUT2D eigenvalue weighted by molar-refractivity contribution is 5.44. The van der Waals surface area contributed by atoms with E-state index in [9.17, 15) is 0 Å². The van der Waals surface area contributed by atoms with Gasteiger partial charge in [-0.25, -0.2) is 0 Å². The van der Waals surface area contributed by atoms with Gasteiger partial charge in [0.1, 0.15) is 0 Å². The van der Waals surface area contributed by atoms with Gasteiger partial charge in [0, 0.05) is 44.1 Å². The van der Waals surface area contributed by atoms with Crippen LogP contribution in [0.5, 0.6) is 0 Å². The van der Waals surface area contributed by atoms with Crippen LogP contribution in [0.1, 0.15) is 5.56 Å². The Hall–Kier alpha value is -1.90. The molecule has 76 valence electrons. The molecule has 0 unspecified atom stereocenters. The summed E-state index contributed by atoms with van der Waals surface area (Å²) in [7, 11) is 2.06. The van der Waals surface area contributed by atoms with E-state index in [0.717, 1.165) is 12.2 Å². The Balaban J connectivity index is 2.08. The molecular formula is C12H13N3. The highest BCUT2D eigenvalue weighted by Gasteiger charge is 2.00. The van der Waals surface area contributed by atoms with Gasteiger partial charge in [0.15, 0.2) is 0 Å². The maximum atomic E-state index is 4.09. The molecule has 0 amide bonds. The lowest BCUT2D eigenvalue weighted by molar-refractivity contribution is 0.913. The summed E-state index contributed by atoms with van der Waals surface area (Å²) in [6.45, 7) is 0.859. The zero-order valence-corrected chi connectivity index (χ0v) is 8.67. The average molecular weight is 199 g/mol. The van der Waals surface area contributed by atoms with Crippen molar-refractivity contribution in [2.24, 2.45) is 0 Å². The first-order chi connectivity index (χ1) is 7.36. The zero-order chi connectivity index (χ0) is 10.5. The van der Waals surface area contributed by atoms with E-state index in [-0.39, 0.29) is 0 Å². The van der Waals surface area contributed by atoms with Crippen LogP contribution in [0.4, 0.5) is 5.69 Å². The van der Waals surface area contributed by atoms with Crippen molar-refractivity contribution in [2.75, 3.05) is 11.9 Å². The molecule has 0 N–H and O–H groups in total. The van der Waals surface area contributed by atoms with Gasteiger partial charge in [-0.15, -0.1) is 0 Å². The van der Waals surface area contributed by atoms with Crippen LogP contribution in [-0.4, -0.2) is 17.0 Å². The van der Waals surface area contributed by atoms with Gasteiger partial charge >= 0.3 is 0 Å². The first-order valence-corrected chi connectivity index (χ1v) is 4.86. The van der Waals surface area contributed by atoms with E-state index in [1.54, 1.807) is 18.6 Å². The van der Waals surface area contributed by atoms with Gasteiger partial charge in [0.25, 0.3) is 0 Å². The lowest BCUT2D eigenvalue weighted by Crippen LogP contribution is -2.16. The summed E-state index contributed by atoms with van der Waals surface area (Å²) < 4.78 is 0. The molecule has 2 heterocycles. The Labute approximate surface area is 89.4 Å². The van der Waals surface area contributed by atoms with Crippen molar-refractivity contribution in [1.82, 2.24) is 9.97 Å². The van der Waals surface area contributed by atoms with E-state index in [1.165, 1.54) is 5.56 Å². The quantitative estimate of drug-likeness (QED) is 0.758. The lowest BCUT2D eigenvalue weighted by Gasteiger charge is -2.18. The van der Waals surface area contributed by atoms with E-state index in [2.05, 4.69) is 28.0 Å². The third-order valence-electron chi connectivity index (χ3n) is 2.25. The highest BCUT2D eigenvalue weighted by Crippen LogP contribution is 2.12. The van der Waals surface area contributed by atoms with Crippen LogP contribution < -0.4 is 4.90 Å². The molecular weight excluding hydrogens is 186 g/mol. The molecule has 0 spiro atoms. The lowest BCUT2D eigenvalue weighted by atomic mass is 10.2. The summed E-state index contributed by atoms with van der Waals surface area (Å²) in [4.78, 5) is 10.3. The minimum Gasteiger partial charge on any atom is -0.370 e. The van der Waals surface area contributed by atoms with Crippen LogP contribution in [0.15, 0.2) is 49.1 Å². The van der Waals surface area contributed by atoms with Crippen LogP contribution in [-0.2, 0) is 6.54 Å². The van der Waals surface area contributed by atoms with Crippen molar-refractivity contribution in [1.29, 1.82) is 0 Å². The van der Waals surface area contributed by atoms with Gasteiger partial charge < -0.3 is 4.90 Å².